The molecule has 1 unspecified atom stereocenters. The first-order valence-electron chi connectivity index (χ1n) is 9.77. The van der Waals surface area contributed by atoms with Crippen LogP contribution in [0.3, 0.4) is 0 Å². The molecule has 0 N–H and O–H groups in total. The number of ether oxygens (including phenoxy) is 2. The molecule has 0 aliphatic carbocycles. The molecule has 0 saturated heterocycles. The fraction of sp³-hybridized carbons (Fsp3) is 0.905. The van der Waals surface area contributed by atoms with Gasteiger partial charge in [-0.1, -0.05) is 55.4 Å². The average Bonchev–Trinajstić information content (AvgIpc) is 2.48. The maximum atomic E-state index is 13.3. The SMILES string of the molecule is CCC(CC)(CC(=O)OCC(F)(F)F)OC(=O)C(C)(CC(C)(C)C)C(C)(C)C. The molecule has 0 aromatic heterocycles. The average molecular weight is 411 g/mol. The van der Waals surface area contributed by atoms with Crippen molar-refractivity contribution >= 4 is 11.9 Å². The Balaban J connectivity index is 5.58. The van der Waals surface area contributed by atoms with E-state index in [0.29, 0.717) is 19.3 Å². The van der Waals surface area contributed by atoms with Crippen LogP contribution in [0, 0.1) is 16.2 Å². The summed E-state index contributed by atoms with van der Waals surface area (Å²) in [6.07, 6.45) is -3.84. The zero-order chi connectivity index (χ0) is 22.6. The topological polar surface area (TPSA) is 52.6 Å². The highest BCUT2D eigenvalue weighted by Crippen LogP contribution is 2.48. The summed E-state index contributed by atoms with van der Waals surface area (Å²) in [6, 6.07) is 0. The molecular formula is C21H37F3O4. The zero-order valence-corrected chi connectivity index (χ0v) is 18.8. The van der Waals surface area contributed by atoms with Crippen LogP contribution in [0.25, 0.3) is 0 Å². The van der Waals surface area contributed by atoms with Crippen LogP contribution >= 0.6 is 0 Å². The van der Waals surface area contributed by atoms with Gasteiger partial charge in [0, 0.05) is 0 Å². The van der Waals surface area contributed by atoms with E-state index >= 15 is 0 Å². The second kappa shape index (κ2) is 9.04. The van der Waals surface area contributed by atoms with Crippen LogP contribution in [0.1, 0.15) is 88.0 Å². The second-order valence-corrected chi connectivity index (χ2v) is 10.1. The molecule has 0 aromatic rings. The van der Waals surface area contributed by atoms with Crippen molar-refractivity contribution in [1.29, 1.82) is 0 Å². The van der Waals surface area contributed by atoms with E-state index < -0.39 is 47.6 Å². The standard InChI is InChI=1S/C21H37F3O4/c1-10-20(11-2,12-15(25)27-14-21(22,23)24)28-16(26)19(9,18(6,7)8)13-17(3,4)5/h10-14H2,1-9H3. The van der Waals surface area contributed by atoms with Crippen molar-refractivity contribution in [2.45, 2.75) is 99.8 Å². The molecule has 4 nitrogen and oxygen atoms in total. The van der Waals surface area contributed by atoms with Gasteiger partial charge in [-0.05, 0) is 37.0 Å². The van der Waals surface area contributed by atoms with Gasteiger partial charge >= 0.3 is 18.1 Å². The number of hydrogen-bond acceptors (Lipinski definition) is 4. The maximum Gasteiger partial charge on any atom is 0.422 e. The summed E-state index contributed by atoms with van der Waals surface area (Å²) in [5.74, 6) is -1.47. The molecule has 0 fully saturated rings. The van der Waals surface area contributed by atoms with E-state index in [1.165, 1.54) is 0 Å². The van der Waals surface area contributed by atoms with E-state index in [9.17, 15) is 22.8 Å². The highest BCUT2D eigenvalue weighted by Gasteiger charge is 2.50. The third-order valence-electron chi connectivity index (χ3n) is 5.45. The Morgan fingerprint density at radius 3 is 1.64 bits per heavy atom. The molecule has 7 heteroatoms. The van der Waals surface area contributed by atoms with Gasteiger partial charge in [0.1, 0.15) is 5.60 Å². The normalized spacial score (nSPS) is 15.7. The number of carbonyl (C=O) groups excluding carboxylic acids is 2. The van der Waals surface area contributed by atoms with Gasteiger partial charge in [0.2, 0.25) is 0 Å². The van der Waals surface area contributed by atoms with Crippen LogP contribution in [0.15, 0.2) is 0 Å². The van der Waals surface area contributed by atoms with Gasteiger partial charge in [-0.15, -0.1) is 0 Å². The maximum absolute atomic E-state index is 13.3. The van der Waals surface area contributed by atoms with Gasteiger partial charge in [-0.3, -0.25) is 9.59 Å². The molecule has 0 aliphatic heterocycles. The molecule has 0 spiro atoms. The van der Waals surface area contributed by atoms with Crippen LogP contribution in [0.2, 0.25) is 0 Å². The molecule has 0 aliphatic rings. The summed E-state index contributed by atoms with van der Waals surface area (Å²) in [7, 11) is 0. The molecular weight excluding hydrogens is 373 g/mol. The lowest BCUT2D eigenvalue weighted by molar-refractivity contribution is -0.196. The minimum absolute atomic E-state index is 0.145. The van der Waals surface area contributed by atoms with Crippen LogP contribution in [0.4, 0.5) is 13.2 Å². The highest BCUT2D eigenvalue weighted by atomic mass is 19.4. The Labute approximate surface area is 167 Å². The molecule has 0 radical (unpaired) electrons. The summed E-state index contributed by atoms with van der Waals surface area (Å²) < 4.78 is 47.1. The molecule has 0 rings (SSSR count). The Morgan fingerprint density at radius 1 is 0.857 bits per heavy atom. The largest absolute Gasteiger partial charge is 0.458 e. The van der Waals surface area contributed by atoms with Crippen LogP contribution in [-0.2, 0) is 19.1 Å². The van der Waals surface area contributed by atoms with Gasteiger partial charge in [0.15, 0.2) is 6.61 Å². The second-order valence-electron chi connectivity index (χ2n) is 10.1. The molecule has 28 heavy (non-hydrogen) atoms. The third kappa shape index (κ3) is 8.00. The molecule has 0 bridgehead atoms. The zero-order valence-electron chi connectivity index (χ0n) is 18.8. The van der Waals surface area contributed by atoms with E-state index in [0.717, 1.165) is 0 Å². The summed E-state index contributed by atoms with van der Waals surface area (Å²) in [5.41, 5.74) is -2.59. The van der Waals surface area contributed by atoms with E-state index in [2.05, 4.69) is 4.74 Å². The molecule has 0 saturated carbocycles. The first-order valence-corrected chi connectivity index (χ1v) is 9.77. The van der Waals surface area contributed by atoms with Gasteiger partial charge in [-0.2, -0.15) is 13.2 Å². The van der Waals surface area contributed by atoms with E-state index in [-0.39, 0.29) is 5.41 Å². The number of carbonyl (C=O) groups is 2. The van der Waals surface area contributed by atoms with Gasteiger partial charge in [0.25, 0.3) is 0 Å². The molecule has 0 heterocycles. The lowest BCUT2D eigenvalue weighted by atomic mass is 9.61. The molecule has 1 atom stereocenters. The minimum Gasteiger partial charge on any atom is -0.458 e. The monoisotopic (exact) mass is 410 g/mol. The van der Waals surface area contributed by atoms with E-state index in [1.807, 2.05) is 48.5 Å². The minimum atomic E-state index is -4.59. The van der Waals surface area contributed by atoms with Crippen LogP contribution in [0.5, 0.6) is 0 Å². The fourth-order valence-electron chi connectivity index (χ4n) is 3.17. The number of alkyl halides is 3. The summed E-state index contributed by atoms with van der Waals surface area (Å²) >= 11 is 0. The van der Waals surface area contributed by atoms with Crippen molar-refractivity contribution < 1.29 is 32.2 Å². The Hall–Kier alpha value is -1.27. The summed E-state index contributed by atoms with van der Waals surface area (Å²) in [6.45, 7) is 15.7. The Bertz CT molecular complexity index is 537. The van der Waals surface area contributed by atoms with Gasteiger partial charge < -0.3 is 9.47 Å². The van der Waals surface area contributed by atoms with E-state index in [1.54, 1.807) is 13.8 Å². The first-order chi connectivity index (χ1) is 12.3. The smallest absolute Gasteiger partial charge is 0.422 e. The van der Waals surface area contributed by atoms with Crippen molar-refractivity contribution in [2.75, 3.05) is 6.61 Å². The Kier molecular flexibility index (Phi) is 8.63. The lowest BCUT2D eigenvalue weighted by Crippen LogP contribution is -2.48. The predicted molar refractivity (Wildman–Crippen MR) is 103 cm³/mol. The third-order valence-corrected chi connectivity index (χ3v) is 5.45. The van der Waals surface area contributed by atoms with Crippen LogP contribution in [-0.4, -0.2) is 30.3 Å². The van der Waals surface area contributed by atoms with Crippen molar-refractivity contribution in [3.05, 3.63) is 0 Å². The molecule has 166 valence electrons. The Morgan fingerprint density at radius 2 is 1.32 bits per heavy atom. The fourth-order valence-corrected chi connectivity index (χ4v) is 3.17. The van der Waals surface area contributed by atoms with Gasteiger partial charge in [-0.25, -0.2) is 0 Å². The number of esters is 2. The van der Waals surface area contributed by atoms with Crippen molar-refractivity contribution in [3.8, 4) is 0 Å². The number of halogens is 3. The van der Waals surface area contributed by atoms with Crippen molar-refractivity contribution in [2.24, 2.45) is 16.2 Å². The predicted octanol–water partition coefficient (Wildman–Crippen LogP) is 6.07. The summed E-state index contributed by atoms with van der Waals surface area (Å²) in [5, 5.41) is 0. The van der Waals surface area contributed by atoms with E-state index in [4.69, 9.17) is 4.74 Å². The molecule has 0 aromatic carbocycles. The lowest BCUT2D eigenvalue weighted by Gasteiger charge is -2.45. The van der Waals surface area contributed by atoms with Crippen molar-refractivity contribution in [3.63, 3.8) is 0 Å². The molecule has 0 amide bonds. The van der Waals surface area contributed by atoms with Crippen molar-refractivity contribution in [1.82, 2.24) is 0 Å². The number of rotatable bonds is 8. The quantitative estimate of drug-likeness (QED) is 0.456. The highest BCUT2D eigenvalue weighted by molar-refractivity contribution is 5.79. The van der Waals surface area contributed by atoms with Gasteiger partial charge in [0.05, 0.1) is 11.8 Å². The first kappa shape index (κ1) is 26.7. The summed E-state index contributed by atoms with van der Waals surface area (Å²) in [4.78, 5) is 25.2. The number of hydrogen-bond donors (Lipinski definition) is 0. The van der Waals surface area contributed by atoms with Crippen LogP contribution < -0.4 is 0 Å².